The monoisotopic (exact) mass is 1020 g/mol. The number of carboxylic acids is 1. The number of nitrogens with one attached hydrogen (secondary N) is 7. The predicted molar refractivity (Wildman–Crippen MR) is 266 cm³/mol. The number of thioether (sulfide) groups is 1. The summed E-state index contributed by atoms with van der Waals surface area (Å²) in [5, 5.41) is 38.5. The second-order valence-electron chi connectivity index (χ2n) is 18.6. The van der Waals surface area contributed by atoms with E-state index in [0.717, 1.165) is 0 Å². The molecule has 0 aromatic heterocycles. The number of likely N-dealkylation sites (tertiary alicyclic amines) is 1. The number of carbonyl (C=O) groups is 9. The second kappa shape index (κ2) is 31.4. The number of amides is 8. The molecule has 394 valence electrons. The molecule has 69 heavy (non-hydrogen) atoms. The number of aliphatic hydroxyl groups is 1. The number of rotatable bonds is 31. The Hall–Kier alpha value is -4.88. The lowest BCUT2D eigenvalue weighted by molar-refractivity contribution is -0.142. The van der Waals surface area contributed by atoms with Gasteiger partial charge in [0.25, 0.3) is 0 Å². The number of hydrogen-bond acceptors (Lipinski definition) is 14. The molecule has 1 aliphatic rings. The number of aliphatic hydroxyl groups excluding tert-OH is 1. The number of guanidine groups is 1. The van der Waals surface area contributed by atoms with Gasteiger partial charge in [-0.25, -0.2) is 4.79 Å². The number of unbranched alkanes of at least 4 members (excludes halogenated alkanes) is 1. The van der Waals surface area contributed by atoms with Gasteiger partial charge in [0, 0.05) is 18.8 Å². The smallest absolute Gasteiger partial charge is 0.326 e. The molecule has 23 nitrogen and oxygen atoms in total. The van der Waals surface area contributed by atoms with Crippen LogP contribution in [0.5, 0.6) is 0 Å². The van der Waals surface area contributed by atoms with Crippen molar-refractivity contribution in [2.24, 2.45) is 39.9 Å². The van der Waals surface area contributed by atoms with E-state index >= 15 is 0 Å². The SMILES string of the molecule is CSCC[C@H](NC(=O)[C@@H](N)C(C)C)C(=O)N[C@@H](C)C(=O)N1CCC[C@H]1C(=O)N[C@@H](CCCCN=C(N)N)C(=O)N[C@H](C(=O)N[C@@H](CC(C)C)C(=O)N[C@@H](CS)C(=O)N[C@@H](CC(C)C)C(=O)O)[C@@H](C)O. The van der Waals surface area contributed by atoms with Gasteiger partial charge in [-0.2, -0.15) is 24.4 Å². The van der Waals surface area contributed by atoms with Crippen LogP contribution in [0.25, 0.3) is 0 Å². The minimum atomic E-state index is -1.66. The van der Waals surface area contributed by atoms with Crippen molar-refractivity contribution >= 4 is 83.6 Å². The van der Waals surface area contributed by atoms with Crippen molar-refractivity contribution < 1.29 is 53.4 Å². The van der Waals surface area contributed by atoms with Crippen LogP contribution in [0.2, 0.25) is 0 Å². The van der Waals surface area contributed by atoms with Gasteiger partial charge in [0.05, 0.1) is 12.1 Å². The van der Waals surface area contributed by atoms with Crippen LogP contribution in [0.1, 0.15) is 107 Å². The molecule has 0 aromatic carbocycles. The quantitative estimate of drug-likeness (QED) is 0.0156. The first kappa shape index (κ1) is 62.1. The van der Waals surface area contributed by atoms with E-state index in [-0.39, 0.29) is 74.7 Å². The summed E-state index contributed by atoms with van der Waals surface area (Å²) in [7, 11) is 0. The number of carboxylic acid groups (broad SMARTS) is 1. The number of nitrogens with zero attached hydrogens (tertiary/aromatic N) is 2. The van der Waals surface area contributed by atoms with Gasteiger partial charge >= 0.3 is 5.97 Å². The number of carbonyl (C=O) groups excluding carboxylic acids is 8. The maximum Gasteiger partial charge on any atom is 0.326 e. The molecule has 0 radical (unpaired) electrons. The summed E-state index contributed by atoms with van der Waals surface area (Å²) < 4.78 is 0. The Morgan fingerprint density at radius 1 is 0.696 bits per heavy atom. The maximum atomic E-state index is 14.1. The van der Waals surface area contributed by atoms with Crippen LogP contribution >= 0.6 is 24.4 Å². The molecule has 10 atom stereocenters. The molecular weight excluding hydrogens is 937 g/mol. The minimum Gasteiger partial charge on any atom is -0.480 e. The van der Waals surface area contributed by atoms with Gasteiger partial charge in [-0.1, -0.05) is 41.5 Å². The number of thiol groups is 1. The first-order valence-electron chi connectivity index (χ1n) is 23.5. The fraction of sp³-hybridized carbons (Fsp3) is 0.773. The van der Waals surface area contributed by atoms with E-state index < -0.39 is 114 Å². The topological polar surface area (TPSA) is 372 Å². The lowest BCUT2D eigenvalue weighted by Crippen LogP contribution is -2.62. The number of hydrogen-bond donors (Lipinski definition) is 13. The standard InChI is InChI=1S/C44H80N12O11S2/c1-22(2)19-29(37(60)54-31(21-68)38(61)53-30(43(66)67)20-23(3)4)52-41(64)34(26(8)57)55-36(59)27(13-10-11-16-48-44(46)47)50-39(62)32-14-12-17-56(32)42(65)25(7)49-35(58)28(15-18-69-9)51-40(63)33(45)24(5)6/h22-34,57,68H,10-21,45H2,1-9H3,(H,49,58)(H,50,62)(H,51,63)(H,52,64)(H,53,61)(H,54,60)(H,55,59)(H,66,67)(H4,46,47,48)/t25-,26+,27-,28-,29-,30-,31-,32-,33-,34-/m0/s1. The van der Waals surface area contributed by atoms with Crippen LogP contribution in [-0.4, -0.2) is 166 Å². The van der Waals surface area contributed by atoms with Gasteiger partial charge in [-0.3, -0.25) is 43.3 Å². The zero-order valence-corrected chi connectivity index (χ0v) is 43.3. The average molecular weight is 1020 g/mol. The molecule has 1 rings (SSSR count). The van der Waals surface area contributed by atoms with Gasteiger partial charge in [0.2, 0.25) is 47.3 Å². The molecule has 0 saturated carbocycles. The Balaban J connectivity index is 3.32. The molecule has 1 aliphatic heterocycles. The highest BCUT2D eigenvalue weighted by Gasteiger charge is 2.40. The highest BCUT2D eigenvalue weighted by molar-refractivity contribution is 7.98. The van der Waals surface area contributed by atoms with Crippen LogP contribution in [0, 0.1) is 17.8 Å². The molecule has 0 aliphatic carbocycles. The third-order valence-electron chi connectivity index (χ3n) is 11.2. The van der Waals surface area contributed by atoms with Crippen molar-refractivity contribution in [1.29, 1.82) is 0 Å². The summed E-state index contributed by atoms with van der Waals surface area (Å²) in [5.74, 6) is -7.32. The molecule has 25 heteroatoms. The van der Waals surface area contributed by atoms with Crippen molar-refractivity contribution in [3.63, 3.8) is 0 Å². The van der Waals surface area contributed by atoms with Crippen LogP contribution in [-0.2, 0) is 43.2 Å². The van der Waals surface area contributed by atoms with E-state index in [1.165, 1.54) is 30.5 Å². The van der Waals surface area contributed by atoms with Crippen molar-refractivity contribution in [3.05, 3.63) is 0 Å². The van der Waals surface area contributed by atoms with Crippen molar-refractivity contribution in [2.75, 3.05) is 30.9 Å². The van der Waals surface area contributed by atoms with Crippen molar-refractivity contribution in [2.45, 2.75) is 167 Å². The normalized spacial score (nSPS) is 17.5. The van der Waals surface area contributed by atoms with E-state index in [4.69, 9.17) is 17.2 Å². The molecule has 15 N–H and O–H groups in total. The summed E-state index contributed by atoms with van der Waals surface area (Å²) in [5.41, 5.74) is 16.9. The maximum absolute atomic E-state index is 14.1. The number of aliphatic imine (C=N–C) groups is 1. The predicted octanol–water partition coefficient (Wildman–Crippen LogP) is -1.94. The van der Waals surface area contributed by atoms with Crippen LogP contribution < -0.4 is 54.4 Å². The summed E-state index contributed by atoms with van der Waals surface area (Å²) in [6.07, 6.45) is 2.12. The Labute approximate surface area is 415 Å². The molecule has 1 saturated heterocycles. The van der Waals surface area contributed by atoms with Crippen molar-refractivity contribution in [1.82, 2.24) is 42.1 Å². The van der Waals surface area contributed by atoms with E-state index in [9.17, 15) is 53.4 Å². The van der Waals surface area contributed by atoms with Gasteiger partial charge < -0.3 is 69.5 Å². The lowest BCUT2D eigenvalue weighted by Gasteiger charge is -2.30. The van der Waals surface area contributed by atoms with Gasteiger partial charge in [0.15, 0.2) is 5.96 Å². The number of aliphatic carboxylic acids is 1. The van der Waals surface area contributed by atoms with E-state index in [0.29, 0.717) is 25.0 Å². The summed E-state index contributed by atoms with van der Waals surface area (Å²) >= 11 is 5.65. The summed E-state index contributed by atoms with van der Waals surface area (Å²) in [4.78, 5) is 126. The van der Waals surface area contributed by atoms with Crippen LogP contribution in [0.15, 0.2) is 4.99 Å². The third kappa shape index (κ3) is 22.2. The van der Waals surface area contributed by atoms with E-state index in [1.807, 2.05) is 6.26 Å². The average Bonchev–Trinajstić information content (AvgIpc) is 3.76. The first-order chi connectivity index (χ1) is 32.2. The third-order valence-corrected chi connectivity index (χ3v) is 12.2. The highest BCUT2D eigenvalue weighted by atomic mass is 32.2. The molecule has 1 heterocycles. The largest absolute Gasteiger partial charge is 0.480 e. The molecule has 0 aromatic rings. The van der Waals surface area contributed by atoms with E-state index in [1.54, 1.807) is 41.5 Å². The fourth-order valence-electron chi connectivity index (χ4n) is 7.26. The fourth-order valence-corrected chi connectivity index (χ4v) is 7.99. The Kier molecular flexibility index (Phi) is 28.2. The second-order valence-corrected chi connectivity index (χ2v) is 19.9. The minimum absolute atomic E-state index is 0.00787. The lowest BCUT2D eigenvalue weighted by atomic mass is 10.0. The van der Waals surface area contributed by atoms with Crippen LogP contribution in [0.4, 0.5) is 0 Å². The Morgan fingerprint density at radius 3 is 1.75 bits per heavy atom. The highest BCUT2D eigenvalue weighted by Crippen LogP contribution is 2.20. The molecule has 0 spiro atoms. The van der Waals surface area contributed by atoms with Crippen molar-refractivity contribution in [3.8, 4) is 0 Å². The zero-order chi connectivity index (χ0) is 52.7. The molecule has 1 fully saturated rings. The summed E-state index contributed by atoms with van der Waals surface area (Å²) in [6.45, 7) is 13.8. The Bertz CT molecular complexity index is 1770. The molecule has 0 bridgehead atoms. The Morgan fingerprint density at radius 2 is 1.22 bits per heavy atom. The molecule has 0 unspecified atom stereocenters. The first-order valence-corrected chi connectivity index (χ1v) is 25.5. The number of nitrogens with two attached hydrogens (primary N) is 3. The van der Waals surface area contributed by atoms with E-state index in [2.05, 4.69) is 54.8 Å². The van der Waals surface area contributed by atoms with Gasteiger partial charge in [0.1, 0.15) is 48.3 Å². The zero-order valence-electron chi connectivity index (χ0n) is 41.5. The van der Waals surface area contributed by atoms with Gasteiger partial charge in [-0.05, 0) is 95.0 Å². The molecular formula is C44H80N12O11S2. The van der Waals surface area contributed by atoms with Gasteiger partial charge in [-0.15, -0.1) is 0 Å². The van der Waals surface area contributed by atoms with Crippen LogP contribution in [0.3, 0.4) is 0 Å². The molecule has 8 amide bonds. The summed E-state index contributed by atoms with van der Waals surface area (Å²) in [6, 6.07) is -10.8.